The van der Waals surface area contributed by atoms with Crippen molar-refractivity contribution in [2.24, 2.45) is 28.9 Å². The van der Waals surface area contributed by atoms with Gasteiger partial charge in [-0.1, -0.05) is 27.7 Å². The number of ether oxygens (including phenoxy) is 1. The summed E-state index contributed by atoms with van der Waals surface area (Å²) in [5.41, 5.74) is 5.89. The van der Waals surface area contributed by atoms with Gasteiger partial charge in [-0.15, -0.1) is 0 Å². The van der Waals surface area contributed by atoms with Gasteiger partial charge in [-0.25, -0.2) is 0 Å². The number of nitrogens with two attached hydrogens (primary N) is 1. The average molecular weight is 422 g/mol. The minimum Gasteiger partial charge on any atom is -0.404 e. The first kappa shape index (κ1) is 24.0. The van der Waals surface area contributed by atoms with Gasteiger partial charge in [0.2, 0.25) is 5.91 Å². The highest BCUT2D eigenvalue weighted by molar-refractivity contribution is 6.47. The van der Waals surface area contributed by atoms with E-state index in [4.69, 9.17) is 19.8 Å². The van der Waals surface area contributed by atoms with Gasteiger partial charge >= 0.3 is 7.12 Å². The minimum atomic E-state index is -0.745. The predicted octanol–water partition coefficient (Wildman–Crippen LogP) is 3.32. The SMILES string of the molecule is CC(C)C[C@H](NC(=O)[C@@H](N)[C@@H](C)OC(C)(C)C)B1O[C@@H]2C[C@@H]3C[C@@H](C3(C)C)[C@]2(C)O1. The molecule has 2 bridgehead atoms. The Kier molecular flexibility index (Phi) is 6.45. The third kappa shape index (κ3) is 4.46. The highest BCUT2D eigenvalue weighted by atomic mass is 16.7. The number of nitrogens with one attached hydrogen (secondary N) is 1. The number of carbonyl (C=O) groups excluding carboxylic acids is 1. The number of carbonyl (C=O) groups is 1. The second-order valence-electron chi connectivity index (χ2n) is 12.0. The minimum absolute atomic E-state index is 0.0997. The smallest absolute Gasteiger partial charge is 0.404 e. The van der Waals surface area contributed by atoms with E-state index in [0.29, 0.717) is 23.2 Å². The van der Waals surface area contributed by atoms with Crippen molar-refractivity contribution in [3.05, 3.63) is 0 Å². The van der Waals surface area contributed by atoms with Gasteiger partial charge in [-0.2, -0.15) is 0 Å². The van der Waals surface area contributed by atoms with Gasteiger partial charge in [-0.05, 0) is 77.0 Å². The van der Waals surface area contributed by atoms with Crippen LogP contribution in [0, 0.1) is 23.2 Å². The largest absolute Gasteiger partial charge is 0.481 e. The molecule has 4 rings (SSSR count). The van der Waals surface area contributed by atoms with Crippen molar-refractivity contribution < 1.29 is 18.8 Å². The van der Waals surface area contributed by atoms with E-state index in [-0.39, 0.29) is 35.3 Å². The zero-order valence-electron chi connectivity index (χ0n) is 20.5. The van der Waals surface area contributed by atoms with Crippen LogP contribution in [0.4, 0.5) is 0 Å². The van der Waals surface area contributed by atoms with Gasteiger partial charge in [0, 0.05) is 0 Å². The van der Waals surface area contributed by atoms with Crippen LogP contribution in [-0.4, -0.2) is 48.4 Å². The zero-order valence-corrected chi connectivity index (χ0v) is 20.5. The summed E-state index contributed by atoms with van der Waals surface area (Å²) in [7, 11) is -0.437. The Labute approximate surface area is 183 Å². The van der Waals surface area contributed by atoms with Crippen molar-refractivity contribution in [1.29, 1.82) is 0 Å². The fourth-order valence-electron chi connectivity index (χ4n) is 5.94. The predicted molar refractivity (Wildman–Crippen MR) is 120 cm³/mol. The van der Waals surface area contributed by atoms with Crippen LogP contribution in [-0.2, 0) is 18.8 Å². The van der Waals surface area contributed by atoms with Crippen LogP contribution >= 0.6 is 0 Å². The normalized spacial score (nSPS) is 35.4. The van der Waals surface area contributed by atoms with Crippen molar-refractivity contribution in [2.75, 3.05) is 0 Å². The van der Waals surface area contributed by atoms with Crippen molar-refractivity contribution in [3.63, 3.8) is 0 Å². The zero-order chi connectivity index (χ0) is 22.6. The van der Waals surface area contributed by atoms with Crippen molar-refractivity contribution >= 4 is 13.0 Å². The second kappa shape index (κ2) is 8.06. The monoisotopic (exact) mass is 422 g/mol. The second-order valence-corrected chi connectivity index (χ2v) is 12.0. The van der Waals surface area contributed by atoms with E-state index in [1.165, 1.54) is 6.42 Å². The van der Waals surface area contributed by atoms with Gasteiger partial charge < -0.3 is 25.1 Å². The first-order valence-corrected chi connectivity index (χ1v) is 11.7. The first-order chi connectivity index (χ1) is 13.6. The molecule has 0 spiro atoms. The number of rotatable bonds is 7. The van der Waals surface area contributed by atoms with Gasteiger partial charge in [0.25, 0.3) is 0 Å². The quantitative estimate of drug-likeness (QED) is 0.615. The van der Waals surface area contributed by atoms with Gasteiger partial charge in [0.05, 0.1) is 29.4 Å². The lowest BCUT2D eigenvalue weighted by molar-refractivity contribution is -0.199. The lowest BCUT2D eigenvalue weighted by Gasteiger charge is -2.64. The lowest BCUT2D eigenvalue weighted by Crippen LogP contribution is -2.65. The molecular formula is C23H43BN2O4. The maximum absolute atomic E-state index is 13.0. The summed E-state index contributed by atoms with van der Waals surface area (Å²) >= 11 is 0. The molecule has 6 nitrogen and oxygen atoms in total. The molecule has 4 fully saturated rings. The van der Waals surface area contributed by atoms with Crippen molar-refractivity contribution in [2.45, 2.75) is 117 Å². The third-order valence-corrected chi connectivity index (χ3v) is 7.70. The lowest BCUT2D eigenvalue weighted by atomic mass is 9.43. The molecule has 172 valence electrons. The molecule has 7 atom stereocenters. The fraction of sp³-hybridized carbons (Fsp3) is 0.957. The molecule has 0 aromatic heterocycles. The molecule has 3 saturated carbocycles. The van der Waals surface area contributed by atoms with Crippen LogP contribution in [0.1, 0.15) is 81.6 Å². The molecule has 1 aliphatic heterocycles. The summed E-state index contributed by atoms with van der Waals surface area (Å²) < 4.78 is 18.9. The molecule has 1 saturated heterocycles. The molecule has 7 heteroatoms. The van der Waals surface area contributed by atoms with Gasteiger partial charge in [0.1, 0.15) is 6.04 Å². The number of amides is 1. The van der Waals surface area contributed by atoms with E-state index in [9.17, 15) is 4.79 Å². The summed E-state index contributed by atoms with van der Waals surface area (Å²) in [4.78, 5) is 13.0. The maximum Gasteiger partial charge on any atom is 0.481 e. The van der Waals surface area contributed by atoms with Crippen LogP contribution in [0.5, 0.6) is 0 Å². The Balaban J connectivity index is 1.69. The van der Waals surface area contributed by atoms with E-state index >= 15 is 0 Å². The molecule has 0 unspecified atom stereocenters. The fourth-order valence-corrected chi connectivity index (χ4v) is 5.94. The van der Waals surface area contributed by atoms with Crippen LogP contribution in [0.3, 0.4) is 0 Å². The van der Waals surface area contributed by atoms with Crippen LogP contribution in [0.2, 0.25) is 0 Å². The molecule has 3 N–H and O–H groups in total. The number of hydrogen-bond donors (Lipinski definition) is 2. The van der Waals surface area contributed by atoms with Crippen molar-refractivity contribution in [3.8, 4) is 0 Å². The third-order valence-electron chi connectivity index (χ3n) is 7.70. The van der Waals surface area contributed by atoms with E-state index in [1.807, 2.05) is 27.7 Å². The Bertz CT molecular complexity index is 650. The standard InChI is InChI=1S/C23H43BN2O4/c1-13(2)10-18(26-20(27)19(25)14(3)28-21(4,5)6)24-29-17-12-15-11-16(22(15,7)8)23(17,9)30-24/h13-19H,10-12,25H2,1-9H3,(H,26,27)/t14-,15+,16+,17-,18+,19+,23+/m1/s1. The molecule has 0 aromatic rings. The van der Waals surface area contributed by atoms with E-state index in [0.717, 1.165) is 12.8 Å². The Morgan fingerprint density at radius 3 is 2.40 bits per heavy atom. The molecule has 1 heterocycles. The summed E-state index contributed by atoms with van der Waals surface area (Å²) in [5, 5.41) is 3.14. The topological polar surface area (TPSA) is 82.8 Å². The molecular weight excluding hydrogens is 379 g/mol. The molecule has 0 radical (unpaired) electrons. The summed E-state index contributed by atoms with van der Waals surface area (Å²) in [6, 6.07) is -0.745. The number of hydrogen-bond acceptors (Lipinski definition) is 5. The summed E-state index contributed by atoms with van der Waals surface area (Å²) in [5.74, 6) is 1.14. The molecule has 3 aliphatic carbocycles. The van der Waals surface area contributed by atoms with Crippen LogP contribution in [0.15, 0.2) is 0 Å². The summed E-state index contributed by atoms with van der Waals surface area (Å²) in [6.45, 7) is 18.9. The van der Waals surface area contributed by atoms with Crippen molar-refractivity contribution in [1.82, 2.24) is 5.32 Å². The van der Waals surface area contributed by atoms with Gasteiger partial charge in [-0.3, -0.25) is 4.79 Å². The summed E-state index contributed by atoms with van der Waals surface area (Å²) in [6.07, 6.45) is 2.74. The highest BCUT2D eigenvalue weighted by Gasteiger charge is 2.68. The highest BCUT2D eigenvalue weighted by Crippen LogP contribution is 2.65. The Hall–Kier alpha value is -0.625. The maximum atomic E-state index is 13.0. The molecule has 30 heavy (non-hydrogen) atoms. The van der Waals surface area contributed by atoms with Crippen LogP contribution < -0.4 is 11.1 Å². The van der Waals surface area contributed by atoms with Crippen LogP contribution in [0.25, 0.3) is 0 Å². The molecule has 0 aromatic carbocycles. The Morgan fingerprint density at radius 2 is 1.87 bits per heavy atom. The van der Waals surface area contributed by atoms with E-state index in [2.05, 4.69) is 39.9 Å². The van der Waals surface area contributed by atoms with E-state index < -0.39 is 13.2 Å². The average Bonchev–Trinajstić information content (AvgIpc) is 2.95. The Morgan fingerprint density at radius 1 is 1.23 bits per heavy atom. The van der Waals surface area contributed by atoms with Gasteiger partial charge in [0.15, 0.2) is 0 Å². The molecule has 1 amide bonds. The molecule has 4 aliphatic rings. The van der Waals surface area contributed by atoms with E-state index in [1.54, 1.807) is 0 Å². The first-order valence-electron chi connectivity index (χ1n) is 11.7.